The molecule has 1 amide bonds. The number of ether oxygens (including phenoxy) is 6. The number of nitrogens with one attached hydrogen (secondary N) is 1. The first-order valence-corrected chi connectivity index (χ1v) is 29.3. The van der Waals surface area contributed by atoms with Crippen LogP contribution in [0.4, 0.5) is 0 Å². The van der Waals surface area contributed by atoms with Gasteiger partial charge in [-0.1, -0.05) is 150 Å². The first-order valence-electron chi connectivity index (χ1n) is 29.3. The van der Waals surface area contributed by atoms with Crippen molar-refractivity contribution in [2.24, 2.45) is 0 Å². The molecule has 3 fully saturated rings. The van der Waals surface area contributed by atoms with Crippen LogP contribution in [-0.4, -0.2) is 193 Å². The Morgan fingerprint density at radius 2 is 0.886 bits per heavy atom. The molecule has 0 bridgehead atoms. The lowest BCUT2D eigenvalue weighted by Crippen LogP contribution is -2.66. The smallest absolute Gasteiger partial charge is 0.220 e. The molecule has 0 aromatic heterocycles. The minimum Gasteiger partial charge on any atom is -0.394 e. The minimum absolute atomic E-state index is 0.199. The molecule has 0 aromatic rings. The van der Waals surface area contributed by atoms with E-state index in [1.54, 1.807) is 6.08 Å². The highest BCUT2D eigenvalue weighted by Gasteiger charge is 2.53. The molecule has 0 aliphatic carbocycles. The molecule has 12 N–H and O–H groups in total. The first-order chi connectivity index (χ1) is 38.3. The highest BCUT2D eigenvalue weighted by atomic mass is 16.8. The SMILES string of the molecule is CC/C=C\C/C=C\C/C=C\C/C=C\CCCCCCC(=O)NC(COC1OC(CO)C(OC2OC(CO)C(OC3OC(CO)C(O)C(O)C3O)C(O)C2O)C(O)C1O)C(O)/C=C/CC/C=C/CC/C=C/CCCCCCCCC. The maximum atomic E-state index is 13.3. The van der Waals surface area contributed by atoms with Crippen molar-refractivity contribution in [2.45, 2.75) is 259 Å². The molecule has 17 unspecified atom stereocenters. The number of amides is 1. The molecule has 3 heterocycles. The number of allylic oxidation sites excluding steroid dienone is 13. The average molecular weight is 1120 g/mol. The van der Waals surface area contributed by atoms with E-state index in [0.29, 0.717) is 12.8 Å². The van der Waals surface area contributed by atoms with Crippen LogP contribution in [-0.2, 0) is 33.2 Å². The zero-order valence-corrected chi connectivity index (χ0v) is 47.1. The van der Waals surface area contributed by atoms with Gasteiger partial charge in [0.1, 0.15) is 73.2 Å². The van der Waals surface area contributed by atoms with Gasteiger partial charge in [0.25, 0.3) is 0 Å². The molecule has 19 heteroatoms. The molecule has 3 aliphatic rings. The van der Waals surface area contributed by atoms with Crippen LogP contribution in [0.25, 0.3) is 0 Å². The number of aliphatic hydroxyl groups excluding tert-OH is 11. The summed E-state index contributed by atoms with van der Waals surface area (Å²) in [6.45, 7) is 1.52. The minimum atomic E-state index is -1.99. The summed E-state index contributed by atoms with van der Waals surface area (Å²) < 4.78 is 34.2. The van der Waals surface area contributed by atoms with Crippen LogP contribution in [0, 0.1) is 0 Å². The molecular weight excluding hydrogens is 1020 g/mol. The maximum absolute atomic E-state index is 13.3. The number of rotatable bonds is 41. The second-order valence-electron chi connectivity index (χ2n) is 20.7. The lowest BCUT2D eigenvalue weighted by Gasteiger charge is -2.48. The van der Waals surface area contributed by atoms with E-state index in [2.05, 4.69) is 92.1 Å². The second kappa shape index (κ2) is 42.7. The van der Waals surface area contributed by atoms with E-state index in [9.17, 15) is 61.0 Å². The van der Waals surface area contributed by atoms with Gasteiger partial charge in [0, 0.05) is 6.42 Å². The Balaban J connectivity index is 1.55. The quantitative estimate of drug-likeness (QED) is 0.0289. The number of unbranched alkanes of at least 4 members (excludes halogenated alkanes) is 13. The molecule has 0 saturated carbocycles. The third kappa shape index (κ3) is 26.8. The van der Waals surface area contributed by atoms with Crippen molar-refractivity contribution >= 4 is 5.91 Å². The number of aliphatic hydroxyl groups is 11. The van der Waals surface area contributed by atoms with Gasteiger partial charge in [-0.15, -0.1) is 0 Å². The lowest BCUT2D eigenvalue weighted by molar-refractivity contribution is -0.379. The highest BCUT2D eigenvalue weighted by molar-refractivity contribution is 5.76. The Kier molecular flexibility index (Phi) is 38.0. The third-order valence-electron chi connectivity index (χ3n) is 14.2. The molecule has 17 atom stereocenters. The Morgan fingerprint density at radius 3 is 1.42 bits per heavy atom. The molecule has 79 heavy (non-hydrogen) atoms. The van der Waals surface area contributed by atoms with E-state index in [1.807, 2.05) is 6.08 Å². The van der Waals surface area contributed by atoms with E-state index in [-0.39, 0.29) is 18.9 Å². The van der Waals surface area contributed by atoms with Gasteiger partial charge in [0.2, 0.25) is 5.91 Å². The van der Waals surface area contributed by atoms with Crippen LogP contribution in [0.15, 0.2) is 85.1 Å². The first kappa shape index (κ1) is 70.2. The molecule has 0 spiro atoms. The van der Waals surface area contributed by atoms with Gasteiger partial charge in [-0.3, -0.25) is 4.79 Å². The fraction of sp³-hybridized carbons (Fsp3) is 0.750. The summed E-state index contributed by atoms with van der Waals surface area (Å²) in [5.74, 6) is -0.318. The van der Waals surface area contributed by atoms with Crippen molar-refractivity contribution in [3.05, 3.63) is 85.1 Å². The largest absolute Gasteiger partial charge is 0.394 e. The standard InChI is InChI=1S/C60H101NO18/c1-3-5-7-9-11-13-15-17-19-21-23-25-27-29-31-33-35-37-44(65)43(61-48(66)38-36-34-32-30-28-26-24-22-20-18-16-14-12-10-8-6-4-2)42-74-58-54(72)51(69)56(46(40-63)76-58)79-60-55(73)52(70)57(47(41-64)77-60)78-59-53(71)50(68)49(67)45(39-62)75-59/h6,8,12,14,18-21,24,26-27,29,35,37,43-47,49-60,62-65,67-73H,3-5,7,9-11,13,15-17,22-23,25,28,30-34,36,38-42H2,1-2H3,(H,61,66)/b8-6-,14-12-,20-18-,21-19+,26-24-,29-27+,37-35+. The molecule has 3 saturated heterocycles. The summed E-state index contributed by atoms with van der Waals surface area (Å²) in [4.78, 5) is 13.3. The summed E-state index contributed by atoms with van der Waals surface area (Å²) in [5, 5.41) is 120. The number of hydrogen-bond donors (Lipinski definition) is 12. The van der Waals surface area contributed by atoms with Gasteiger partial charge in [-0.05, 0) is 83.5 Å². The van der Waals surface area contributed by atoms with Gasteiger partial charge in [-0.2, -0.15) is 0 Å². The molecule has 19 nitrogen and oxygen atoms in total. The van der Waals surface area contributed by atoms with Crippen LogP contribution >= 0.6 is 0 Å². The van der Waals surface area contributed by atoms with Crippen molar-refractivity contribution in [1.82, 2.24) is 5.32 Å². The van der Waals surface area contributed by atoms with Gasteiger partial charge in [0.05, 0.1) is 38.6 Å². The third-order valence-corrected chi connectivity index (χ3v) is 14.2. The lowest BCUT2D eigenvalue weighted by atomic mass is 9.96. The molecule has 3 rings (SSSR count). The zero-order valence-electron chi connectivity index (χ0n) is 47.1. The fourth-order valence-electron chi connectivity index (χ4n) is 9.33. The molecular formula is C60H101NO18. The normalized spacial score (nSPS) is 30.9. The maximum Gasteiger partial charge on any atom is 0.220 e. The van der Waals surface area contributed by atoms with Gasteiger partial charge < -0.3 is 89.9 Å². The number of hydrogen-bond acceptors (Lipinski definition) is 18. The number of carbonyl (C=O) groups is 1. The van der Waals surface area contributed by atoms with E-state index in [1.165, 1.54) is 44.9 Å². The van der Waals surface area contributed by atoms with Crippen LogP contribution in [0.1, 0.15) is 155 Å². The van der Waals surface area contributed by atoms with E-state index < -0.39 is 124 Å². The summed E-state index contributed by atoms with van der Waals surface area (Å²) >= 11 is 0. The van der Waals surface area contributed by atoms with E-state index in [0.717, 1.165) is 77.0 Å². The average Bonchev–Trinajstić information content (AvgIpc) is 3.54. The van der Waals surface area contributed by atoms with Gasteiger partial charge in [-0.25, -0.2) is 0 Å². The summed E-state index contributed by atoms with van der Waals surface area (Å²) in [6.07, 6.45) is 24.2. The van der Waals surface area contributed by atoms with E-state index >= 15 is 0 Å². The van der Waals surface area contributed by atoms with Crippen LogP contribution in [0.2, 0.25) is 0 Å². The van der Waals surface area contributed by atoms with Gasteiger partial charge >= 0.3 is 0 Å². The second-order valence-corrected chi connectivity index (χ2v) is 20.7. The predicted molar refractivity (Wildman–Crippen MR) is 300 cm³/mol. The van der Waals surface area contributed by atoms with Crippen LogP contribution in [0.5, 0.6) is 0 Å². The number of carbonyl (C=O) groups excluding carboxylic acids is 1. The molecule has 0 aromatic carbocycles. The van der Waals surface area contributed by atoms with Gasteiger partial charge in [0.15, 0.2) is 18.9 Å². The van der Waals surface area contributed by atoms with E-state index in [4.69, 9.17) is 28.4 Å². The Morgan fingerprint density at radius 1 is 0.468 bits per heavy atom. The topological polar surface area (TPSA) is 307 Å². The van der Waals surface area contributed by atoms with Crippen molar-refractivity contribution in [1.29, 1.82) is 0 Å². The molecule has 0 radical (unpaired) electrons. The monoisotopic (exact) mass is 1120 g/mol. The Labute approximate surface area is 470 Å². The Bertz CT molecular complexity index is 1770. The van der Waals surface area contributed by atoms with Crippen LogP contribution < -0.4 is 5.32 Å². The Hall–Kier alpha value is -3.03. The summed E-state index contributed by atoms with van der Waals surface area (Å²) in [7, 11) is 0. The summed E-state index contributed by atoms with van der Waals surface area (Å²) in [6, 6.07) is -1.01. The van der Waals surface area contributed by atoms with Crippen molar-refractivity contribution < 1.29 is 89.4 Å². The fourth-order valence-corrected chi connectivity index (χ4v) is 9.33. The zero-order chi connectivity index (χ0) is 57.6. The van der Waals surface area contributed by atoms with Crippen LogP contribution in [0.3, 0.4) is 0 Å². The molecule has 454 valence electrons. The highest BCUT2D eigenvalue weighted by Crippen LogP contribution is 2.33. The predicted octanol–water partition coefficient (Wildman–Crippen LogP) is 4.81. The van der Waals surface area contributed by atoms with Crippen molar-refractivity contribution in [3.8, 4) is 0 Å². The van der Waals surface area contributed by atoms with Crippen molar-refractivity contribution in [3.63, 3.8) is 0 Å². The van der Waals surface area contributed by atoms with Crippen molar-refractivity contribution in [2.75, 3.05) is 26.4 Å². The summed E-state index contributed by atoms with van der Waals surface area (Å²) in [5.41, 5.74) is 0. The molecule has 3 aliphatic heterocycles.